The number of aryl methyl sites for hydroxylation is 2. The van der Waals surface area contributed by atoms with Crippen molar-refractivity contribution in [3.8, 4) is 11.5 Å². The van der Waals surface area contributed by atoms with E-state index in [-0.39, 0.29) is 5.91 Å². The fourth-order valence-electron chi connectivity index (χ4n) is 3.00. The molecule has 0 saturated heterocycles. The molecular formula is C22H19F3N6O3. The number of halogens is 3. The number of hydrogen-bond donors (Lipinski definition) is 2. The molecule has 0 aliphatic rings. The van der Waals surface area contributed by atoms with Crippen molar-refractivity contribution in [1.29, 1.82) is 0 Å². The molecule has 9 nitrogen and oxygen atoms in total. The predicted molar refractivity (Wildman–Crippen MR) is 116 cm³/mol. The molecular weight excluding hydrogens is 453 g/mol. The molecule has 0 fully saturated rings. The SMILES string of the molecule is CCc1cn(NC(=O)c2cnc(-c3ccccn3)nc2C)c2cnccc12.O=C(O)C(F)(F)F. The standard InChI is InChI=1S/C20H18N6O.C2HF3O2/c1-3-14-12-26(18-11-21-9-7-15(14)18)25-20(27)16-10-23-19(24-13(16)2)17-6-4-5-8-22-17;3-2(4,5)1(6)7/h4-12H,3H2,1-2H3,(H,25,27);(H,6,7). The van der Waals surface area contributed by atoms with Gasteiger partial charge in [-0.1, -0.05) is 13.0 Å². The van der Waals surface area contributed by atoms with Crippen molar-refractivity contribution in [1.82, 2.24) is 24.6 Å². The van der Waals surface area contributed by atoms with Gasteiger partial charge in [0.15, 0.2) is 5.82 Å². The normalized spacial score (nSPS) is 11.0. The summed E-state index contributed by atoms with van der Waals surface area (Å²) in [6.07, 6.45) is 4.41. The number of carboxylic acids is 1. The maximum Gasteiger partial charge on any atom is 0.490 e. The highest BCUT2D eigenvalue weighted by Gasteiger charge is 2.38. The number of carbonyl (C=O) groups is 2. The zero-order chi connectivity index (χ0) is 24.9. The molecule has 4 aromatic rings. The van der Waals surface area contributed by atoms with Gasteiger partial charge in [0.2, 0.25) is 0 Å². The zero-order valence-electron chi connectivity index (χ0n) is 18.0. The van der Waals surface area contributed by atoms with Crippen LogP contribution in [0.1, 0.15) is 28.5 Å². The van der Waals surface area contributed by atoms with Gasteiger partial charge in [0.05, 0.1) is 23.0 Å². The molecule has 0 saturated carbocycles. The summed E-state index contributed by atoms with van der Waals surface area (Å²) in [5.41, 5.74) is 6.57. The van der Waals surface area contributed by atoms with Gasteiger partial charge >= 0.3 is 12.1 Å². The summed E-state index contributed by atoms with van der Waals surface area (Å²) in [5, 5.41) is 8.20. The largest absolute Gasteiger partial charge is 0.490 e. The van der Waals surface area contributed by atoms with Crippen LogP contribution in [0.4, 0.5) is 13.2 Å². The molecule has 4 rings (SSSR count). The molecule has 0 aliphatic carbocycles. The van der Waals surface area contributed by atoms with Gasteiger partial charge in [-0.3, -0.25) is 24.9 Å². The summed E-state index contributed by atoms with van der Waals surface area (Å²) in [6, 6.07) is 7.49. The van der Waals surface area contributed by atoms with E-state index in [0.717, 1.165) is 22.9 Å². The number of pyridine rings is 2. The van der Waals surface area contributed by atoms with Crippen LogP contribution >= 0.6 is 0 Å². The summed E-state index contributed by atoms with van der Waals surface area (Å²) in [4.78, 5) is 38.8. The van der Waals surface area contributed by atoms with Crippen molar-refractivity contribution in [3.63, 3.8) is 0 Å². The first-order chi connectivity index (χ1) is 16.1. The smallest absolute Gasteiger partial charge is 0.475 e. The van der Waals surface area contributed by atoms with Crippen LogP contribution in [0.15, 0.2) is 55.2 Å². The van der Waals surface area contributed by atoms with Crippen molar-refractivity contribution in [3.05, 3.63) is 72.1 Å². The lowest BCUT2D eigenvalue weighted by atomic mass is 10.2. The molecule has 176 valence electrons. The Bertz CT molecular complexity index is 1320. The molecule has 12 heteroatoms. The molecule has 0 aromatic carbocycles. The summed E-state index contributed by atoms with van der Waals surface area (Å²) < 4.78 is 33.4. The van der Waals surface area contributed by atoms with E-state index in [0.29, 0.717) is 22.8 Å². The quantitative estimate of drug-likeness (QED) is 0.463. The number of nitrogens with one attached hydrogen (secondary N) is 1. The molecule has 0 aliphatic heterocycles. The Hall–Kier alpha value is -4.35. The molecule has 0 bridgehead atoms. The van der Waals surface area contributed by atoms with Crippen LogP contribution < -0.4 is 5.43 Å². The number of aliphatic carboxylic acids is 1. The summed E-state index contributed by atoms with van der Waals surface area (Å²) in [7, 11) is 0. The van der Waals surface area contributed by atoms with Gasteiger partial charge in [-0.15, -0.1) is 0 Å². The Morgan fingerprint density at radius 1 is 1.12 bits per heavy atom. The number of amides is 1. The van der Waals surface area contributed by atoms with Crippen LogP contribution in [0, 0.1) is 6.92 Å². The van der Waals surface area contributed by atoms with Crippen molar-refractivity contribution in [2.75, 3.05) is 5.43 Å². The Balaban J connectivity index is 0.000000406. The highest BCUT2D eigenvalue weighted by Crippen LogP contribution is 2.20. The van der Waals surface area contributed by atoms with E-state index in [2.05, 4.69) is 32.3 Å². The Labute approximate surface area is 191 Å². The van der Waals surface area contributed by atoms with Gasteiger partial charge in [0.25, 0.3) is 5.91 Å². The minimum Gasteiger partial charge on any atom is -0.475 e. The maximum atomic E-state index is 12.8. The number of alkyl halides is 3. The molecule has 34 heavy (non-hydrogen) atoms. The number of rotatable bonds is 4. The van der Waals surface area contributed by atoms with E-state index < -0.39 is 12.1 Å². The van der Waals surface area contributed by atoms with Crippen LogP contribution in [0.2, 0.25) is 0 Å². The second-order valence-corrected chi connectivity index (χ2v) is 6.92. The lowest BCUT2D eigenvalue weighted by Crippen LogP contribution is -2.23. The summed E-state index contributed by atoms with van der Waals surface area (Å²) in [6.45, 7) is 3.87. The van der Waals surface area contributed by atoms with Crippen LogP contribution in [-0.2, 0) is 11.2 Å². The lowest BCUT2D eigenvalue weighted by Gasteiger charge is -2.10. The monoisotopic (exact) mass is 472 g/mol. The van der Waals surface area contributed by atoms with Crippen LogP contribution in [0.3, 0.4) is 0 Å². The first kappa shape index (κ1) is 24.3. The first-order valence-corrected chi connectivity index (χ1v) is 9.92. The number of hydrogen-bond acceptors (Lipinski definition) is 6. The number of carboxylic acid groups (broad SMARTS) is 1. The lowest BCUT2D eigenvalue weighted by molar-refractivity contribution is -0.192. The summed E-state index contributed by atoms with van der Waals surface area (Å²) in [5.74, 6) is -2.54. The van der Waals surface area contributed by atoms with E-state index in [1.807, 2.05) is 30.5 Å². The molecule has 0 unspecified atom stereocenters. The number of fused-ring (bicyclic) bond motifs is 1. The molecule has 1 amide bonds. The number of nitrogens with zero attached hydrogens (tertiary/aromatic N) is 5. The maximum absolute atomic E-state index is 12.8. The van der Waals surface area contributed by atoms with E-state index in [4.69, 9.17) is 9.90 Å². The predicted octanol–water partition coefficient (Wildman–Crippen LogP) is 3.78. The molecule has 0 atom stereocenters. The van der Waals surface area contributed by atoms with Crippen LogP contribution in [0.5, 0.6) is 0 Å². The van der Waals surface area contributed by atoms with E-state index in [1.165, 1.54) is 6.20 Å². The summed E-state index contributed by atoms with van der Waals surface area (Å²) >= 11 is 0. The van der Waals surface area contributed by atoms with Crippen molar-refractivity contribution >= 4 is 22.8 Å². The third-order valence-corrected chi connectivity index (χ3v) is 4.65. The fourth-order valence-corrected chi connectivity index (χ4v) is 3.00. The van der Waals surface area contributed by atoms with Crippen molar-refractivity contribution in [2.24, 2.45) is 0 Å². The van der Waals surface area contributed by atoms with Crippen LogP contribution in [0.25, 0.3) is 22.4 Å². The third kappa shape index (κ3) is 5.52. The molecule has 2 N–H and O–H groups in total. The van der Waals surface area contributed by atoms with Gasteiger partial charge in [-0.25, -0.2) is 14.8 Å². The topological polar surface area (TPSA) is 123 Å². The number of carbonyl (C=O) groups excluding carboxylic acids is 1. The highest BCUT2D eigenvalue weighted by molar-refractivity contribution is 6.01. The van der Waals surface area contributed by atoms with Crippen molar-refractivity contribution in [2.45, 2.75) is 26.4 Å². The van der Waals surface area contributed by atoms with Gasteiger partial charge in [0.1, 0.15) is 5.69 Å². The molecule has 0 spiro atoms. The van der Waals surface area contributed by atoms with Gasteiger partial charge in [0, 0.05) is 30.2 Å². The first-order valence-electron chi connectivity index (χ1n) is 9.92. The van der Waals surface area contributed by atoms with Gasteiger partial charge in [-0.2, -0.15) is 13.2 Å². The Morgan fingerprint density at radius 3 is 2.44 bits per heavy atom. The average molecular weight is 472 g/mol. The van der Waals surface area contributed by atoms with Crippen molar-refractivity contribution < 1.29 is 27.9 Å². The van der Waals surface area contributed by atoms with Gasteiger partial charge < -0.3 is 5.11 Å². The Morgan fingerprint density at radius 2 is 1.85 bits per heavy atom. The zero-order valence-corrected chi connectivity index (χ0v) is 18.0. The third-order valence-electron chi connectivity index (χ3n) is 4.65. The molecule has 4 heterocycles. The average Bonchev–Trinajstić information content (AvgIpc) is 3.17. The highest BCUT2D eigenvalue weighted by atomic mass is 19.4. The van der Waals surface area contributed by atoms with E-state index in [1.54, 1.807) is 30.2 Å². The minimum absolute atomic E-state index is 0.275. The molecule has 4 aromatic heterocycles. The van der Waals surface area contributed by atoms with E-state index in [9.17, 15) is 18.0 Å². The van der Waals surface area contributed by atoms with Gasteiger partial charge in [-0.05, 0) is 37.1 Å². The fraction of sp³-hybridized carbons (Fsp3) is 0.182. The Kier molecular flexibility index (Phi) is 7.19. The second-order valence-electron chi connectivity index (χ2n) is 6.92. The number of aromatic nitrogens is 5. The minimum atomic E-state index is -5.08. The molecule has 0 radical (unpaired) electrons. The second kappa shape index (κ2) is 10.1. The van der Waals surface area contributed by atoms with E-state index >= 15 is 0 Å². The van der Waals surface area contributed by atoms with Crippen LogP contribution in [-0.4, -0.2) is 47.8 Å².